The van der Waals surface area contributed by atoms with Crippen LogP contribution in [0, 0.1) is 0 Å². The van der Waals surface area contributed by atoms with Crippen molar-refractivity contribution < 1.29 is 36.2 Å². The van der Waals surface area contributed by atoms with Gasteiger partial charge in [-0.1, -0.05) is 123 Å². The first-order valence-electron chi connectivity index (χ1n) is 17.2. The Labute approximate surface area is 308 Å². The van der Waals surface area contributed by atoms with Gasteiger partial charge in [0.25, 0.3) is 0 Å². The van der Waals surface area contributed by atoms with E-state index >= 15 is 0 Å². The Balaban J connectivity index is 0.000000352. The number of ether oxygens (including phenoxy) is 1. The molecule has 50 heavy (non-hydrogen) atoms. The van der Waals surface area contributed by atoms with Gasteiger partial charge in [0.15, 0.2) is 5.78 Å². The van der Waals surface area contributed by atoms with E-state index in [-0.39, 0.29) is 34.4 Å². The number of hydrogen-bond acceptors (Lipinski definition) is 4. The molecule has 0 aliphatic heterocycles. The summed E-state index contributed by atoms with van der Waals surface area (Å²) >= 11 is 0. The molecule has 0 saturated carbocycles. The van der Waals surface area contributed by atoms with Gasteiger partial charge in [0, 0.05) is 29.1 Å². The molecular weight excluding hydrogens is 660 g/mol. The molecule has 5 heteroatoms. The van der Waals surface area contributed by atoms with E-state index < -0.39 is 0 Å². The normalized spacial score (nSPS) is 10.7. The summed E-state index contributed by atoms with van der Waals surface area (Å²) < 4.78 is 5.14. The van der Waals surface area contributed by atoms with Crippen molar-refractivity contribution in [1.29, 1.82) is 0 Å². The first kappa shape index (κ1) is 39.6. The fourth-order valence-corrected chi connectivity index (χ4v) is 5.52. The first-order valence-corrected chi connectivity index (χ1v) is 17.2. The van der Waals surface area contributed by atoms with E-state index in [1.165, 1.54) is 25.7 Å². The van der Waals surface area contributed by atoms with Crippen molar-refractivity contribution >= 4 is 29.5 Å². The van der Waals surface area contributed by atoms with Crippen molar-refractivity contribution in [3.05, 3.63) is 173 Å². The fraction of sp³-hybridized carbons (Fsp3) is 0.222. The van der Waals surface area contributed by atoms with Gasteiger partial charge in [0.1, 0.15) is 11.5 Å². The zero-order valence-electron chi connectivity index (χ0n) is 28.8. The van der Waals surface area contributed by atoms with Crippen molar-refractivity contribution in [2.45, 2.75) is 57.8 Å². The topological polar surface area (TPSA) is 60.4 Å². The molecule has 0 fully saturated rings. The minimum Gasteiger partial charge on any atom is -0.645 e. The number of carbonyl (C=O) groups is 3. The van der Waals surface area contributed by atoms with Crippen molar-refractivity contribution in [3.63, 3.8) is 0 Å². The molecule has 4 nitrogen and oxygen atoms in total. The third kappa shape index (κ3) is 14.0. The summed E-state index contributed by atoms with van der Waals surface area (Å²) in [5, 5.41) is 0. The SMILES string of the molecule is COc1ccc(C(=O)CCCCCCCCC[c-]2cccc2C(=O)C=Cc2ccccc2)cc1.O=C(C=Cc1ccccc1)[c-]1[cH-][cH-][cH-][cH-]1.[Fe]. The Bertz CT molecular complexity index is 1740. The van der Waals surface area contributed by atoms with Crippen LogP contribution in [0.4, 0.5) is 0 Å². The van der Waals surface area contributed by atoms with Crippen LogP contribution >= 0.6 is 0 Å². The van der Waals surface area contributed by atoms with Gasteiger partial charge >= 0.3 is 0 Å². The number of benzene rings is 3. The Morgan fingerprint density at radius 3 is 1.82 bits per heavy atom. The van der Waals surface area contributed by atoms with E-state index in [0.717, 1.165) is 64.8 Å². The van der Waals surface area contributed by atoms with Crippen LogP contribution in [0.15, 0.2) is 140 Å². The van der Waals surface area contributed by atoms with Crippen LogP contribution in [-0.4, -0.2) is 24.5 Å². The summed E-state index contributed by atoms with van der Waals surface area (Å²) in [5.41, 5.74) is 5.56. The molecule has 0 spiro atoms. The zero-order chi connectivity index (χ0) is 34.5. The van der Waals surface area contributed by atoms with Crippen LogP contribution in [0.2, 0.25) is 0 Å². The molecule has 0 bridgehead atoms. The van der Waals surface area contributed by atoms with Gasteiger partial charge in [0.05, 0.1) is 7.11 Å². The number of rotatable bonds is 18. The molecule has 0 aliphatic carbocycles. The van der Waals surface area contributed by atoms with Crippen LogP contribution in [-0.2, 0) is 23.5 Å². The molecular formula is C45H46FeO4-6. The average Bonchev–Trinajstić information content (AvgIpc) is 3.87. The van der Waals surface area contributed by atoms with E-state index in [2.05, 4.69) is 6.07 Å². The van der Waals surface area contributed by atoms with E-state index in [4.69, 9.17) is 4.74 Å². The standard InChI is InChI=1S/C31H35O3.C14H11O.Fe/c1-34-28-22-20-27(21-23-28)30(32)18-11-6-4-2-3-5-10-15-26-16-12-17-29(26)31(33)24-19-25-13-8-7-9-14-25;15-14(13-8-4-5-9-13)11-10-12-6-2-1-3-7-12;/h7-9,12-14,16-17,19-24H,2-6,10-11,15,18H2,1H3;1-11H;/q-1;-5;. The Morgan fingerprint density at radius 2 is 1.22 bits per heavy atom. The van der Waals surface area contributed by atoms with E-state index in [9.17, 15) is 14.4 Å². The van der Waals surface area contributed by atoms with Crippen molar-refractivity contribution in [1.82, 2.24) is 0 Å². The van der Waals surface area contributed by atoms with Crippen LogP contribution in [0.25, 0.3) is 12.2 Å². The predicted octanol–water partition coefficient (Wildman–Crippen LogP) is 11.2. The maximum absolute atomic E-state index is 12.6. The predicted molar refractivity (Wildman–Crippen MR) is 202 cm³/mol. The summed E-state index contributed by atoms with van der Waals surface area (Å²) in [6, 6.07) is 40.4. The largest absolute Gasteiger partial charge is 0.645 e. The summed E-state index contributed by atoms with van der Waals surface area (Å²) in [4.78, 5) is 36.4. The number of unbranched alkanes of at least 4 members (excludes halogenated alkanes) is 6. The van der Waals surface area contributed by atoms with E-state index in [0.29, 0.717) is 6.42 Å². The molecule has 0 atom stereocenters. The van der Waals surface area contributed by atoms with Crippen LogP contribution < -0.4 is 4.74 Å². The van der Waals surface area contributed by atoms with Crippen LogP contribution in [0.1, 0.15) is 99.1 Å². The molecule has 0 N–H and O–H groups in total. The van der Waals surface area contributed by atoms with Crippen LogP contribution in [0.5, 0.6) is 5.75 Å². The molecule has 264 valence electrons. The molecule has 0 aromatic heterocycles. The maximum Gasteiger partial charge on any atom is 0.162 e. The quantitative estimate of drug-likeness (QED) is 0.0299. The third-order valence-electron chi connectivity index (χ3n) is 8.33. The number of methoxy groups -OCH3 is 1. The second kappa shape index (κ2) is 22.7. The number of hydrogen-bond donors (Lipinski definition) is 0. The van der Waals surface area contributed by atoms with Crippen molar-refractivity contribution in [3.8, 4) is 5.75 Å². The molecule has 0 heterocycles. The molecule has 0 unspecified atom stereocenters. The molecule has 0 amide bonds. The number of ketones is 3. The summed E-state index contributed by atoms with van der Waals surface area (Å²) in [6.07, 6.45) is 16.4. The average molecular weight is 707 g/mol. The van der Waals surface area contributed by atoms with Crippen LogP contribution in [0.3, 0.4) is 0 Å². The molecule has 0 saturated heterocycles. The van der Waals surface area contributed by atoms with Gasteiger partial charge in [-0.2, -0.15) is 24.3 Å². The molecule has 5 rings (SSSR count). The monoisotopic (exact) mass is 706 g/mol. The van der Waals surface area contributed by atoms with Gasteiger partial charge in [-0.15, -0.1) is 11.1 Å². The van der Waals surface area contributed by atoms with Gasteiger partial charge in [-0.3, -0.25) is 4.79 Å². The van der Waals surface area contributed by atoms with Crippen molar-refractivity contribution in [2.24, 2.45) is 0 Å². The smallest absolute Gasteiger partial charge is 0.162 e. The fourth-order valence-electron chi connectivity index (χ4n) is 5.52. The third-order valence-corrected chi connectivity index (χ3v) is 8.33. The van der Waals surface area contributed by atoms with E-state index in [1.807, 2.05) is 133 Å². The molecule has 0 aliphatic rings. The number of carbonyl (C=O) groups excluding carboxylic acids is 3. The number of allylic oxidation sites excluding steroid dienone is 2. The number of Topliss-reactive ketones (excluding diaryl/α,β-unsaturated/α-hetero) is 1. The first-order chi connectivity index (χ1) is 24.0. The summed E-state index contributed by atoms with van der Waals surface area (Å²) in [6.45, 7) is 0. The second-order valence-corrected chi connectivity index (χ2v) is 12.0. The van der Waals surface area contributed by atoms with Crippen molar-refractivity contribution in [2.75, 3.05) is 7.11 Å². The van der Waals surface area contributed by atoms with Gasteiger partial charge in [-0.25, -0.2) is 0 Å². The minimum atomic E-state index is 0. The molecule has 5 aromatic rings. The van der Waals surface area contributed by atoms with E-state index in [1.54, 1.807) is 19.3 Å². The number of aryl methyl sites for hydroxylation is 1. The van der Waals surface area contributed by atoms with Gasteiger partial charge in [0.2, 0.25) is 0 Å². The Morgan fingerprint density at radius 1 is 0.660 bits per heavy atom. The molecule has 5 aromatic carbocycles. The Kier molecular flexibility index (Phi) is 18.0. The Hall–Kier alpha value is -4.83. The maximum atomic E-state index is 12.6. The second-order valence-electron chi connectivity index (χ2n) is 12.0. The zero-order valence-corrected chi connectivity index (χ0v) is 29.9. The summed E-state index contributed by atoms with van der Waals surface area (Å²) in [5.74, 6) is 1.11. The minimum absolute atomic E-state index is 0. The van der Waals surface area contributed by atoms with Gasteiger partial charge in [-0.05, 0) is 36.2 Å². The van der Waals surface area contributed by atoms with Gasteiger partial charge < -0.3 is 56.0 Å². The molecule has 0 radical (unpaired) electrons. The summed E-state index contributed by atoms with van der Waals surface area (Å²) in [7, 11) is 1.63.